The van der Waals surface area contributed by atoms with Crippen molar-refractivity contribution in [3.63, 3.8) is 0 Å². The SMILES string of the molecule is CCN(CC(=O)O)C1CCN(CC(=O)Nc2sc(C)c(C)c2C)CC1.Cl. The van der Waals surface area contributed by atoms with Gasteiger partial charge in [-0.15, -0.1) is 23.7 Å². The third-order valence-corrected chi connectivity index (χ3v) is 6.35. The molecule has 0 spiro atoms. The molecule has 0 aliphatic carbocycles. The quantitative estimate of drug-likeness (QED) is 0.732. The summed E-state index contributed by atoms with van der Waals surface area (Å²) in [5, 5.41) is 13.0. The van der Waals surface area contributed by atoms with Crippen LogP contribution in [0, 0.1) is 20.8 Å². The van der Waals surface area contributed by atoms with Crippen LogP contribution in [0.5, 0.6) is 0 Å². The number of likely N-dealkylation sites (tertiary alicyclic amines) is 1. The second-order valence-electron chi connectivity index (χ2n) is 6.75. The number of nitrogens with zero attached hydrogens (tertiary/aromatic N) is 2. The smallest absolute Gasteiger partial charge is 0.317 e. The Balaban J connectivity index is 0.00000338. The lowest BCUT2D eigenvalue weighted by atomic mass is 10.0. The van der Waals surface area contributed by atoms with Crippen LogP contribution in [0.4, 0.5) is 5.00 Å². The van der Waals surface area contributed by atoms with Crippen LogP contribution in [0.1, 0.15) is 35.8 Å². The van der Waals surface area contributed by atoms with Gasteiger partial charge < -0.3 is 10.4 Å². The Morgan fingerprint density at radius 1 is 1.23 bits per heavy atom. The lowest BCUT2D eigenvalue weighted by molar-refractivity contribution is -0.139. The molecule has 1 saturated heterocycles. The summed E-state index contributed by atoms with van der Waals surface area (Å²) in [6.45, 7) is 11.1. The molecule has 1 aliphatic rings. The molecule has 148 valence electrons. The van der Waals surface area contributed by atoms with E-state index in [0.717, 1.165) is 43.0 Å². The summed E-state index contributed by atoms with van der Waals surface area (Å²) in [6.07, 6.45) is 1.81. The number of rotatable bonds is 7. The maximum atomic E-state index is 12.3. The van der Waals surface area contributed by atoms with Gasteiger partial charge in [0, 0.05) is 24.0 Å². The number of likely N-dealkylation sites (N-methyl/N-ethyl adjacent to an activating group) is 1. The molecule has 26 heavy (non-hydrogen) atoms. The molecule has 0 saturated carbocycles. The average Bonchev–Trinajstić information content (AvgIpc) is 2.80. The number of thiophene rings is 1. The van der Waals surface area contributed by atoms with Crippen LogP contribution in [0.2, 0.25) is 0 Å². The Labute approximate surface area is 166 Å². The highest BCUT2D eigenvalue weighted by molar-refractivity contribution is 7.16. The van der Waals surface area contributed by atoms with Crippen LogP contribution >= 0.6 is 23.7 Å². The first-order chi connectivity index (χ1) is 11.8. The van der Waals surface area contributed by atoms with E-state index in [9.17, 15) is 9.59 Å². The lowest BCUT2D eigenvalue weighted by Gasteiger charge is -2.37. The number of piperidine rings is 1. The van der Waals surface area contributed by atoms with Gasteiger partial charge in [0.2, 0.25) is 5.91 Å². The second-order valence-corrected chi connectivity index (χ2v) is 7.97. The van der Waals surface area contributed by atoms with Gasteiger partial charge in [-0.25, -0.2) is 0 Å². The molecule has 1 amide bonds. The standard InChI is InChI=1S/C18H29N3O3S.ClH/c1-5-21(11-17(23)24)15-6-8-20(9-7-15)10-16(22)19-18-13(3)12(2)14(4)25-18;/h15H,5-11H2,1-4H3,(H,19,22)(H,23,24);1H. The van der Waals surface area contributed by atoms with Gasteiger partial charge >= 0.3 is 5.97 Å². The van der Waals surface area contributed by atoms with Gasteiger partial charge in [-0.05, 0) is 51.3 Å². The number of carbonyl (C=O) groups excluding carboxylic acids is 1. The van der Waals surface area contributed by atoms with E-state index in [1.54, 1.807) is 11.3 Å². The largest absolute Gasteiger partial charge is 0.480 e. The predicted octanol–water partition coefficient (Wildman–Crippen LogP) is 2.90. The molecule has 2 rings (SSSR count). The van der Waals surface area contributed by atoms with Crippen molar-refractivity contribution < 1.29 is 14.7 Å². The van der Waals surface area contributed by atoms with Gasteiger partial charge in [-0.3, -0.25) is 19.4 Å². The number of carbonyl (C=O) groups is 2. The number of aryl methyl sites for hydroxylation is 1. The molecule has 1 fully saturated rings. The fourth-order valence-electron chi connectivity index (χ4n) is 3.34. The second kappa shape index (κ2) is 10.3. The van der Waals surface area contributed by atoms with Crippen LogP contribution in [0.15, 0.2) is 0 Å². The Morgan fingerprint density at radius 2 is 1.85 bits per heavy atom. The molecule has 0 atom stereocenters. The van der Waals surface area contributed by atoms with Crippen LogP contribution in [0.3, 0.4) is 0 Å². The van der Waals surface area contributed by atoms with Gasteiger partial charge in [0.25, 0.3) is 0 Å². The minimum Gasteiger partial charge on any atom is -0.480 e. The van der Waals surface area contributed by atoms with E-state index < -0.39 is 5.97 Å². The number of nitrogens with one attached hydrogen (secondary N) is 1. The van der Waals surface area contributed by atoms with E-state index in [0.29, 0.717) is 12.6 Å². The third kappa shape index (κ3) is 5.94. The molecule has 2 heterocycles. The van der Waals surface area contributed by atoms with E-state index in [1.807, 2.05) is 18.7 Å². The van der Waals surface area contributed by atoms with Gasteiger partial charge in [0.15, 0.2) is 0 Å². The summed E-state index contributed by atoms with van der Waals surface area (Å²) in [7, 11) is 0. The topological polar surface area (TPSA) is 72.9 Å². The first kappa shape index (κ1) is 22.9. The molecule has 0 radical (unpaired) electrons. The van der Waals surface area contributed by atoms with Gasteiger partial charge in [-0.1, -0.05) is 6.92 Å². The summed E-state index contributed by atoms with van der Waals surface area (Å²) in [5.74, 6) is -0.749. The van der Waals surface area contributed by atoms with E-state index in [2.05, 4.69) is 24.1 Å². The number of halogens is 1. The van der Waals surface area contributed by atoms with Crippen LogP contribution < -0.4 is 5.32 Å². The third-order valence-electron chi connectivity index (χ3n) is 5.12. The molecule has 1 aliphatic heterocycles. The average molecular weight is 404 g/mol. The van der Waals surface area contributed by atoms with Crippen LogP contribution in [0.25, 0.3) is 0 Å². The maximum Gasteiger partial charge on any atom is 0.317 e. The van der Waals surface area contributed by atoms with E-state index >= 15 is 0 Å². The summed E-state index contributed by atoms with van der Waals surface area (Å²) in [4.78, 5) is 28.7. The minimum atomic E-state index is -0.777. The van der Waals surface area contributed by atoms with Crippen molar-refractivity contribution in [2.45, 2.75) is 46.6 Å². The fraction of sp³-hybridized carbons (Fsp3) is 0.667. The Hall–Kier alpha value is -1.15. The van der Waals surface area contributed by atoms with Crippen molar-refractivity contribution in [3.05, 3.63) is 16.0 Å². The molecule has 1 aromatic heterocycles. The lowest BCUT2D eigenvalue weighted by Crippen LogP contribution is -2.48. The van der Waals surface area contributed by atoms with Crippen LogP contribution in [-0.2, 0) is 9.59 Å². The zero-order valence-corrected chi connectivity index (χ0v) is 17.6. The van der Waals surface area contributed by atoms with Crippen molar-refractivity contribution in [2.75, 3.05) is 38.0 Å². The highest BCUT2D eigenvalue weighted by Gasteiger charge is 2.26. The number of carboxylic acids is 1. The molecule has 2 N–H and O–H groups in total. The molecular formula is C18H30ClN3O3S. The highest BCUT2D eigenvalue weighted by atomic mass is 35.5. The Kier molecular flexibility index (Phi) is 9.03. The summed E-state index contributed by atoms with van der Waals surface area (Å²) in [5.41, 5.74) is 2.40. The monoisotopic (exact) mass is 403 g/mol. The number of hydrogen-bond acceptors (Lipinski definition) is 5. The molecule has 0 unspecified atom stereocenters. The van der Waals surface area contributed by atoms with Crippen LogP contribution in [-0.4, -0.2) is 65.5 Å². The number of anilines is 1. The summed E-state index contributed by atoms with van der Waals surface area (Å²) >= 11 is 1.63. The van der Waals surface area contributed by atoms with E-state index in [1.165, 1.54) is 10.4 Å². The first-order valence-corrected chi connectivity index (χ1v) is 9.68. The fourth-order valence-corrected chi connectivity index (χ4v) is 4.43. The van der Waals surface area contributed by atoms with Crippen molar-refractivity contribution in [2.24, 2.45) is 0 Å². The molecule has 6 nitrogen and oxygen atoms in total. The molecule has 0 bridgehead atoms. The molecule has 8 heteroatoms. The van der Waals surface area contributed by atoms with E-state index in [4.69, 9.17) is 5.11 Å². The zero-order valence-electron chi connectivity index (χ0n) is 16.0. The minimum absolute atomic E-state index is 0. The molecular weight excluding hydrogens is 374 g/mol. The maximum absolute atomic E-state index is 12.3. The number of amides is 1. The van der Waals surface area contributed by atoms with Gasteiger partial charge in [0.1, 0.15) is 0 Å². The number of hydrogen-bond donors (Lipinski definition) is 2. The summed E-state index contributed by atoms with van der Waals surface area (Å²) < 4.78 is 0. The van der Waals surface area contributed by atoms with Gasteiger partial charge in [-0.2, -0.15) is 0 Å². The number of carboxylic acid groups (broad SMARTS) is 1. The Bertz CT molecular complexity index is 627. The molecule has 0 aromatic carbocycles. The molecule has 1 aromatic rings. The zero-order chi connectivity index (χ0) is 18.6. The predicted molar refractivity (Wildman–Crippen MR) is 109 cm³/mol. The first-order valence-electron chi connectivity index (χ1n) is 8.86. The highest BCUT2D eigenvalue weighted by Crippen LogP contribution is 2.31. The van der Waals surface area contributed by atoms with Crippen molar-refractivity contribution in [1.29, 1.82) is 0 Å². The summed E-state index contributed by atoms with van der Waals surface area (Å²) in [6, 6.07) is 0.297. The normalized spacial score (nSPS) is 15.7. The van der Waals surface area contributed by atoms with Gasteiger partial charge in [0.05, 0.1) is 18.1 Å². The van der Waals surface area contributed by atoms with E-state index in [-0.39, 0.29) is 24.9 Å². The van der Waals surface area contributed by atoms with Crippen molar-refractivity contribution in [1.82, 2.24) is 9.80 Å². The van der Waals surface area contributed by atoms with Crippen molar-refractivity contribution >= 4 is 40.6 Å². The number of aliphatic carboxylic acids is 1. The Morgan fingerprint density at radius 3 is 2.31 bits per heavy atom. The van der Waals surface area contributed by atoms with Crippen molar-refractivity contribution in [3.8, 4) is 0 Å².